The summed E-state index contributed by atoms with van der Waals surface area (Å²) in [5.74, 6) is 3.39. The summed E-state index contributed by atoms with van der Waals surface area (Å²) in [5, 5.41) is 10.1. The Morgan fingerprint density at radius 1 is 1.11 bits per heavy atom. The molecule has 3 aromatic rings. The summed E-state index contributed by atoms with van der Waals surface area (Å²) in [6.07, 6.45) is 4.47. The van der Waals surface area contributed by atoms with Crippen molar-refractivity contribution in [3.8, 4) is 11.5 Å². The van der Waals surface area contributed by atoms with Crippen LogP contribution in [-0.2, 0) is 21.7 Å². The molecule has 5 rings (SSSR count). The third-order valence-corrected chi connectivity index (χ3v) is 8.36. The molecule has 2 unspecified atom stereocenters. The Labute approximate surface area is 215 Å². The zero-order valence-corrected chi connectivity index (χ0v) is 21.3. The first-order chi connectivity index (χ1) is 17.7. The molecular weight excluding hydrogens is 498 g/mol. The number of benzene rings is 2. The highest BCUT2D eigenvalue weighted by molar-refractivity contribution is 7.86. The van der Waals surface area contributed by atoms with Gasteiger partial charge in [-0.2, -0.15) is 4.98 Å². The average molecular weight is 528 g/mol. The molecule has 2 aromatic carbocycles. The van der Waals surface area contributed by atoms with E-state index in [2.05, 4.69) is 30.6 Å². The van der Waals surface area contributed by atoms with Crippen molar-refractivity contribution in [2.75, 3.05) is 48.1 Å². The SMILES string of the molecule is N=S1CCCCNc2nc(ncc2NCCCNS(=O)c2ccc3c(c2)OCO3)Nc2cccc1c2. The summed E-state index contributed by atoms with van der Waals surface area (Å²) >= 11 is 0. The summed E-state index contributed by atoms with van der Waals surface area (Å²) in [6, 6.07) is 13.3. The van der Waals surface area contributed by atoms with E-state index in [-0.39, 0.29) is 6.79 Å². The van der Waals surface area contributed by atoms with Crippen LogP contribution >= 0.6 is 0 Å². The standard InChI is InChI=1S/C24H29N7O3S2/c25-35-12-2-1-9-27-23-20(15-28-24(31-23)30-17-5-3-6-18(35)13-17)26-10-4-11-29-36(32)19-7-8-21-22(14-19)34-16-33-21/h3,5-8,13-15,25-26,29H,1-2,4,9-12,16H2,(H2,27,28,30,31). The van der Waals surface area contributed by atoms with Crippen LogP contribution in [0.3, 0.4) is 0 Å². The van der Waals surface area contributed by atoms with Crippen LogP contribution in [0.25, 0.3) is 0 Å². The van der Waals surface area contributed by atoms with E-state index in [1.807, 2.05) is 24.3 Å². The number of rotatable bonds is 7. The van der Waals surface area contributed by atoms with Crippen LogP contribution in [0.4, 0.5) is 23.1 Å². The molecule has 10 nitrogen and oxygen atoms in total. The lowest BCUT2D eigenvalue weighted by Gasteiger charge is -2.14. The molecule has 2 atom stereocenters. The largest absolute Gasteiger partial charge is 0.454 e. The lowest BCUT2D eigenvalue weighted by Crippen LogP contribution is -2.21. The molecule has 1 aromatic heterocycles. The molecule has 0 aliphatic carbocycles. The van der Waals surface area contributed by atoms with Crippen LogP contribution in [0.15, 0.2) is 58.5 Å². The van der Waals surface area contributed by atoms with E-state index in [0.29, 0.717) is 35.4 Å². The summed E-state index contributed by atoms with van der Waals surface area (Å²) in [6.45, 7) is 2.21. The smallest absolute Gasteiger partial charge is 0.231 e. The maximum atomic E-state index is 12.5. The lowest BCUT2D eigenvalue weighted by atomic mass is 10.3. The van der Waals surface area contributed by atoms with Crippen molar-refractivity contribution in [3.05, 3.63) is 48.7 Å². The average Bonchev–Trinajstić information content (AvgIpc) is 3.37. The van der Waals surface area contributed by atoms with E-state index in [0.717, 1.165) is 53.6 Å². The maximum Gasteiger partial charge on any atom is 0.231 e. The van der Waals surface area contributed by atoms with Crippen LogP contribution in [0, 0.1) is 4.78 Å². The minimum atomic E-state index is -1.33. The van der Waals surface area contributed by atoms with Crippen LogP contribution in [0.2, 0.25) is 0 Å². The van der Waals surface area contributed by atoms with Gasteiger partial charge in [0.1, 0.15) is 11.0 Å². The number of anilines is 4. The second-order valence-corrected chi connectivity index (χ2v) is 11.3. The molecule has 0 spiro atoms. The molecule has 190 valence electrons. The molecule has 0 saturated carbocycles. The molecular formula is C24H29N7O3S2. The van der Waals surface area contributed by atoms with Crippen LogP contribution in [0.1, 0.15) is 19.3 Å². The zero-order chi connectivity index (χ0) is 24.7. The third-order valence-electron chi connectivity index (χ3n) is 5.69. The summed E-state index contributed by atoms with van der Waals surface area (Å²) < 4.78 is 34.7. The fourth-order valence-corrected chi connectivity index (χ4v) is 5.95. The van der Waals surface area contributed by atoms with Crippen molar-refractivity contribution in [2.45, 2.75) is 29.1 Å². The third kappa shape index (κ3) is 6.12. The number of nitrogens with zero attached hydrogens (tertiary/aromatic N) is 2. The maximum absolute atomic E-state index is 12.5. The highest BCUT2D eigenvalue weighted by Gasteiger charge is 2.15. The van der Waals surface area contributed by atoms with E-state index in [1.165, 1.54) is 0 Å². The van der Waals surface area contributed by atoms with Gasteiger partial charge in [-0.15, -0.1) is 0 Å². The van der Waals surface area contributed by atoms with Gasteiger partial charge in [0.2, 0.25) is 12.7 Å². The zero-order valence-electron chi connectivity index (χ0n) is 19.7. The monoisotopic (exact) mass is 527 g/mol. The van der Waals surface area contributed by atoms with E-state index >= 15 is 0 Å². The first-order valence-corrected chi connectivity index (χ1v) is 14.4. The molecule has 12 heteroatoms. The van der Waals surface area contributed by atoms with Crippen LogP contribution in [0.5, 0.6) is 11.5 Å². The molecule has 0 radical (unpaired) electrons. The molecule has 5 N–H and O–H groups in total. The van der Waals surface area contributed by atoms with Crippen molar-refractivity contribution in [1.82, 2.24) is 14.7 Å². The summed E-state index contributed by atoms with van der Waals surface area (Å²) in [5.41, 5.74) is 1.70. The number of hydrogen-bond donors (Lipinski definition) is 5. The molecule has 4 bridgehead atoms. The first kappa shape index (κ1) is 24.5. The Bertz CT molecular complexity index is 1270. The van der Waals surface area contributed by atoms with Crippen molar-refractivity contribution in [2.24, 2.45) is 0 Å². The van der Waals surface area contributed by atoms with E-state index in [4.69, 9.17) is 14.3 Å². The normalized spacial score (nSPS) is 17.5. The Hall–Kier alpha value is -3.22. The van der Waals surface area contributed by atoms with E-state index in [1.54, 1.807) is 24.4 Å². The van der Waals surface area contributed by atoms with Gasteiger partial charge < -0.3 is 25.4 Å². The molecule has 0 saturated heterocycles. The number of nitrogens with one attached hydrogen (secondary N) is 5. The summed E-state index contributed by atoms with van der Waals surface area (Å²) in [4.78, 5) is 10.8. The Morgan fingerprint density at radius 3 is 2.97 bits per heavy atom. The van der Waals surface area contributed by atoms with Gasteiger partial charge in [-0.25, -0.2) is 13.9 Å². The fraction of sp³-hybridized carbons (Fsp3) is 0.333. The van der Waals surface area contributed by atoms with Crippen LogP contribution in [-0.4, -0.2) is 46.4 Å². The van der Waals surface area contributed by atoms with Gasteiger partial charge in [-0.3, -0.25) is 4.78 Å². The van der Waals surface area contributed by atoms with E-state index in [9.17, 15) is 4.21 Å². The van der Waals surface area contributed by atoms with Crippen molar-refractivity contribution in [3.63, 3.8) is 0 Å². The van der Waals surface area contributed by atoms with E-state index < -0.39 is 21.7 Å². The van der Waals surface area contributed by atoms with Gasteiger partial charge in [-0.05, 0) is 49.6 Å². The van der Waals surface area contributed by atoms with Gasteiger partial charge in [0.15, 0.2) is 17.3 Å². The second-order valence-electron chi connectivity index (χ2n) is 8.30. The van der Waals surface area contributed by atoms with Gasteiger partial charge in [0, 0.05) is 42.0 Å². The van der Waals surface area contributed by atoms with Gasteiger partial charge >= 0.3 is 0 Å². The number of hydrogen-bond acceptors (Lipinski definition) is 9. The highest BCUT2D eigenvalue weighted by atomic mass is 32.2. The van der Waals surface area contributed by atoms with Crippen molar-refractivity contribution < 1.29 is 13.7 Å². The Morgan fingerprint density at radius 2 is 2.03 bits per heavy atom. The van der Waals surface area contributed by atoms with Gasteiger partial charge in [0.25, 0.3) is 0 Å². The molecule has 2 aliphatic heterocycles. The molecule has 0 fully saturated rings. The lowest BCUT2D eigenvalue weighted by molar-refractivity contribution is 0.174. The van der Waals surface area contributed by atoms with Crippen molar-refractivity contribution >= 4 is 44.8 Å². The summed E-state index contributed by atoms with van der Waals surface area (Å²) in [7, 11) is -1.85. The van der Waals surface area contributed by atoms with Crippen molar-refractivity contribution in [1.29, 1.82) is 4.78 Å². The predicted octanol–water partition coefficient (Wildman–Crippen LogP) is 4.01. The highest BCUT2D eigenvalue weighted by Crippen LogP contribution is 2.33. The Kier molecular flexibility index (Phi) is 7.94. The molecule has 36 heavy (non-hydrogen) atoms. The fourth-order valence-electron chi connectivity index (χ4n) is 3.81. The number of ether oxygens (including phenoxy) is 2. The predicted molar refractivity (Wildman–Crippen MR) is 143 cm³/mol. The second kappa shape index (κ2) is 11.7. The van der Waals surface area contributed by atoms with Crippen LogP contribution < -0.4 is 30.1 Å². The number of fused-ring (bicyclic) bond motifs is 5. The topological polar surface area (TPSA) is 133 Å². The van der Waals surface area contributed by atoms with Gasteiger partial charge in [0.05, 0.1) is 16.8 Å². The molecule has 2 aliphatic rings. The molecule has 3 heterocycles. The molecule has 0 amide bonds. The van der Waals surface area contributed by atoms with Gasteiger partial charge in [-0.1, -0.05) is 16.8 Å². The Balaban J connectivity index is 1.16. The quantitative estimate of drug-likeness (QED) is 0.291. The number of aromatic nitrogens is 2. The minimum Gasteiger partial charge on any atom is -0.454 e. The minimum absolute atomic E-state index is 0.196. The first-order valence-electron chi connectivity index (χ1n) is 11.8.